The maximum absolute atomic E-state index is 4.12. The summed E-state index contributed by atoms with van der Waals surface area (Å²) in [5.74, 6) is 0. The Bertz CT molecular complexity index is 55.2. The molecular formula is C2H8S4Si. The Morgan fingerprint density at radius 2 is 1.43 bits per heavy atom. The van der Waals surface area contributed by atoms with Crippen LogP contribution in [0.25, 0.3) is 0 Å². The molecule has 44 valence electrons. The SMILES string of the molecule is [SiH3]C(S)(S)C(S)S. The summed E-state index contributed by atoms with van der Waals surface area (Å²) in [7, 11) is 0.888. The van der Waals surface area contributed by atoms with E-state index in [1.807, 2.05) is 0 Å². The third-order valence-electron chi connectivity index (χ3n) is 0.489. The second kappa shape index (κ2) is 2.96. The highest BCUT2D eigenvalue weighted by molar-refractivity contribution is 8.08. The van der Waals surface area contributed by atoms with E-state index in [-0.39, 0.29) is 8.28 Å². The van der Waals surface area contributed by atoms with Crippen molar-refractivity contribution >= 4 is 60.8 Å². The molecule has 0 spiro atoms. The second-order valence-corrected chi connectivity index (χ2v) is 8.38. The molecule has 0 N–H and O–H groups in total. The Labute approximate surface area is 68.9 Å². The first-order valence-electron chi connectivity index (χ1n) is 1.75. The normalized spacial score (nSPS) is 13.3. The van der Waals surface area contributed by atoms with Crippen molar-refractivity contribution in [2.24, 2.45) is 0 Å². The van der Waals surface area contributed by atoms with Crippen molar-refractivity contribution in [2.75, 3.05) is 0 Å². The maximum Gasteiger partial charge on any atom is 0.0636 e. The molecule has 7 heavy (non-hydrogen) atoms. The highest BCUT2D eigenvalue weighted by Crippen LogP contribution is 2.25. The summed E-state index contributed by atoms with van der Waals surface area (Å²) in [4.78, 5) is 0. The van der Waals surface area contributed by atoms with Crippen LogP contribution in [0, 0.1) is 0 Å². The van der Waals surface area contributed by atoms with Crippen LogP contribution in [0.2, 0.25) is 0 Å². The van der Waals surface area contributed by atoms with E-state index in [9.17, 15) is 0 Å². The minimum Gasteiger partial charge on any atom is -0.164 e. The quantitative estimate of drug-likeness (QED) is 0.250. The van der Waals surface area contributed by atoms with E-state index in [1.54, 1.807) is 0 Å². The minimum atomic E-state index is -0.244. The first kappa shape index (κ1) is 8.62. The Kier molecular flexibility index (Phi) is 3.64. The molecule has 5 heteroatoms. The minimum absolute atomic E-state index is 0.0224. The van der Waals surface area contributed by atoms with Gasteiger partial charge >= 0.3 is 0 Å². The molecule has 0 amide bonds. The van der Waals surface area contributed by atoms with Gasteiger partial charge in [0.15, 0.2) is 0 Å². The van der Waals surface area contributed by atoms with Crippen LogP contribution in [-0.2, 0) is 0 Å². The summed E-state index contributed by atoms with van der Waals surface area (Å²) in [6, 6.07) is 0. The van der Waals surface area contributed by atoms with Crippen molar-refractivity contribution in [1.82, 2.24) is 0 Å². The van der Waals surface area contributed by atoms with E-state index in [2.05, 4.69) is 50.5 Å². The van der Waals surface area contributed by atoms with Gasteiger partial charge in [-0.2, -0.15) is 50.5 Å². The average molecular weight is 188 g/mol. The number of hydrogen-bond donors (Lipinski definition) is 4. The fraction of sp³-hybridized carbons (Fsp3) is 1.00. The molecule has 0 aromatic carbocycles. The zero-order valence-electron chi connectivity index (χ0n) is 3.87. The van der Waals surface area contributed by atoms with Gasteiger partial charge in [0, 0.05) is 10.2 Å². The zero-order chi connectivity index (χ0) is 6.08. The Morgan fingerprint density at radius 1 is 1.29 bits per heavy atom. The van der Waals surface area contributed by atoms with Gasteiger partial charge in [-0.1, -0.05) is 0 Å². The van der Waals surface area contributed by atoms with Crippen LogP contribution >= 0.6 is 50.5 Å². The van der Waals surface area contributed by atoms with E-state index in [0.717, 1.165) is 10.2 Å². The molecule has 0 unspecified atom stereocenters. The topological polar surface area (TPSA) is 0 Å². The van der Waals surface area contributed by atoms with Crippen molar-refractivity contribution < 1.29 is 0 Å². The molecule has 0 saturated heterocycles. The van der Waals surface area contributed by atoms with Crippen molar-refractivity contribution in [3.8, 4) is 0 Å². The van der Waals surface area contributed by atoms with Crippen LogP contribution in [0.1, 0.15) is 0 Å². The summed E-state index contributed by atoms with van der Waals surface area (Å²) < 4.78 is -0.266. The second-order valence-electron chi connectivity index (χ2n) is 1.47. The Balaban J connectivity index is 3.54. The molecule has 0 nitrogen and oxygen atoms in total. The van der Waals surface area contributed by atoms with Gasteiger partial charge in [-0.15, -0.1) is 0 Å². The van der Waals surface area contributed by atoms with Gasteiger partial charge in [0.2, 0.25) is 0 Å². The molecule has 0 aliphatic rings. The first-order chi connectivity index (χ1) is 2.94. The van der Waals surface area contributed by atoms with Crippen LogP contribution in [0.5, 0.6) is 0 Å². The molecule has 0 radical (unpaired) electrons. The largest absolute Gasteiger partial charge is 0.164 e. The van der Waals surface area contributed by atoms with E-state index in [4.69, 9.17) is 0 Å². The predicted molar refractivity (Wildman–Crippen MR) is 52.4 cm³/mol. The molecule has 0 fully saturated rings. The third kappa shape index (κ3) is 4.14. The molecule has 0 bridgehead atoms. The number of hydrogen-bond acceptors (Lipinski definition) is 4. The van der Waals surface area contributed by atoms with Gasteiger partial charge in [-0.25, -0.2) is 0 Å². The number of rotatable bonds is 1. The highest BCUT2D eigenvalue weighted by atomic mass is 32.2. The monoisotopic (exact) mass is 188 g/mol. The molecule has 0 rings (SSSR count). The van der Waals surface area contributed by atoms with Gasteiger partial charge < -0.3 is 0 Å². The van der Waals surface area contributed by atoms with Crippen LogP contribution in [0.4, 0.5) is 0 Å². The zero-order valence-corrected chi connectivity index (χ0v) is 9.44. The molecule has 0 heterocycles. The first-order valence-corrected chi connectivity index (χ1v) is 4.68. The molecule has 0 aromatic heterocycles. The van der Waals surface area contributed by atoms with Crippen molar-refractivity contribution in [2.45, 2.75) is 8.28 Å². The average Bonchev–Trinajstić information content (AvgIpc) is 1.31. The summed E-state index contributed by atoms with van der Waals surface area (Å²) in [6.45, 7) is 0. The van der Waals surface area contributed by atoms with E-state index < -0.39 is 0 Å². The van der Waals surface area contributed by atoms with Crippen LogP contribution in [-0.4, -0.2) is 18.5 Å². The summed E-state index contributed by atoms with van der Waals surface area (Å²) in [5, 5.41) is 0. The van der Waals surface area contributed by atoms with Crippen LogP contribution in [0.3, 0.4) is 0 Å². The Hall–Kier alpha value is 1.62. The lowest BCUT2D eigenvalue weighted by atomic mass is 10.9. The summed E-state index contributed by atoms with van der Waals surface area (Å²) in [6.07, 6.45) is 0. The van der Waals surface area contributed by atoms with Crippen molar-refractivity contribution in [3.05, 3.63) is 0 Å². The van der Waals surface area contributed by atoms with Gasteiger partial charge in [-0.05, 0) is 0 Å². The smallest absolute Gasteiger partial charge is 0.0636 e. The summed E-state index contributed by atoms with van der Waals surface area (Å²) >= 11 is 16.3. The molecule has 0 saturated carbocycles. The molecule has 0 aliphatic carbocycles. The van der Waals surface area contributed by atoms with E-state index in [0.29, 0.717) is 0 Å². The molecular weight excluding hydrogens is 180 g/mol. The fourth-order valence-electron chi connectivity index (χ4n) is 0. The van der Waals surface area contributed by atoms with Crippen LogP contribution < -0.4 is 0 Å². The van der Waals surface area contributed by atoms with E-state index in [1.165, 1.54) is 0 Å². The third-order valence-corrected chi connectivity index (χ3v) is 4.40. The Morgan fingerprint density at radius 3 is 1.43 bits per heavy atom. The van der Waals surface area contributed by atoms with E-state index >= 15 is 0 Å². The van der Waals surface area contributed by atoms with Crippen LogP contribution in [0.15, 0.2) is 0 Å². The van der Waals surface area contributed by atoms with Gasteiger partial charge in [0.25, 0.3) is 0 Å². The maximum atomic E-state index is 4.12. The molecule has 0 atom stereocenters. The molecule has 0 aromatic rings. The lowest BCUT2D eigenvalue weighted by Crippen LogP contribution is -2.21. The fourth-order valence-corrected chi connectivity index (χ4v) is 0. The van der Waals surface area contributed by atoms with Gasteiger partial charge in [0.05, 0.1) is 8.28 Å². The van der Waals surface area contributed by atoms with Crippen molar-refractivity contribution in [3.63, 3.8) is 0 Å². The van der Waals surface area contributed by atoms with Crippen molar-refractivity contribution in [1.29, 1.82) is 0 Å². The predicted octanol–water partition coefficient (Wildman–Crippen LogP) is 0.0509. The van der Waals surface area contributed by atoms with Gasteiger partial charge in [-0.3, -0.25) is 0 Å². The van der Waals surface area contributed by atoms with Gasteiger partial charge in [0.1, 0.15) is 0 Å². The lowest BCUT2D eigenvalue weighted by molar-refractivity contribution is 1.30. The molecule has 0 aliphatic heterocycles. The summed E-state index contributed by atoms with van der Waals surface area (Å²) in [5.41, 5.74) is 0. The number of thiol groups is 4. The highest BCUT2D eigenvalue weighted by Gasteiger charge is 2.18. The lowest BCUT2D eigenvalue weighted by Gasteiger charge is -2.18. The standard InChI is InChI=1S/C2H8S4Si/c3-1(4)2(5,6)7/h1,3-6H,7H3.